The number of nitrogens with one attached hydrogen (secondary N) is 2. The number of hydrogen-bond donors (Lipinski definition) is 2. The van der Waals surface area contributed by atoms with Crippen LogP contribution in [0.2, 0.25) is 0 Å². The topological polar surface area (TPSA) is 44.4 Å². The molecule has 2 aliphatic rings. The molecule has 0 aromatic rings. The predicted octanol–water partition coefficient (Wildman–Crippen LogP) is -0.525. The molecule has 0 saturated carbocycles. The van der Waals surface area contributed by atoms with E-state index in [1.165, 1.54) is 0 Å². The molecule has 1 amide bonds. The zero-order valence-corrected chi connectivity index (χ0v) is 7.18. The molecule has 4 nitrogen and oxygen atoms in total. The molecule has 2 fully saturated rings. The number of rotatable bonds is 1. The van der Waals surface area contributed by atoms with Gasteiger partial charge in [0.25, 0.3) is 5.91 Å². The van der Waals surface area contributed by atoms with E-state index in [2.05, 4.69) is 10.7 Å². The average Bonchev–Trinajstić information content (AvgIpc) is 2.77. The highest BCUT2D eigenvalue weighted by atomic mass is 16.2. The van der Waals surface area contributed by atoms with Gasteiger partial charge in [0.1, 0.15) is 0 Å². The molecule has 0 spiro atoms. The lowest BCUT2D eigenvalue weighted by molar-refractivity contribution is -0.134. The molecule has 68 valence electrons. The molecule has 0 unspecified atom stereocenters. The summed E-state index contributed by atoms with van der Waals surface area (Å²) in [6, 6.07) is 0.0793. The molecular formula is C8H15N3O. The van der Waals surface area contributed by atoms with Crippen molar-refractivity contribution in [2.75, 3.05) is 19.6 Å². The molecule has 12 heavy (non-hydrogen) atoms. The van der Waals surface area contributed by atoms with Gasteiger partial charge in [-0.25, -0.2) is 5.43 Å². The smallest absolute Gasteiger partial charge is 0.253 e. The van der Waals surface area contributed by atoms with Crippen molar-refractivity contribution in [3.05, 3.63) is 0 Å². The lowest BCUT2D eigenvalue weighted by Gasteiger charge is -2.19. The van der Waals surface area contributed by atoms with E-state index in [1.807, 2.05) is 0 Å². The van der Waals surface area contributed by atoms with E-state index in [9.17, 15) is 4.79 Å². The largest absolute Gasteiger partial charge is 0.306 e. The van der Waals surface area contributed by atoms with Gasteiger partial charge in [0.15, 0.2) is 0 Å². The fraction of sp³-hybridized carbons (Fsp3) is 0.875. The van der Waals surface area contributed by atoms with Gasteiger partial charge in [-0.15, -0.1) is 0 Å². The highest BCUT2D eigenvalue weighted by molar-refractivity contribution is 5.81. The zero-order valence-electron chi connectivity index (χ0n) is 7.18. The second-order valence-corrected chi connectivity index (χ2v) is 3.40. The molecule has 0 aromatic carbocycles. The number of amides is 1. The normalized spacial score (nSPS) is 29.7. The van der Waals surface area contributed by atoms with Crippen LogP contribution in [0.3, 0.4) is 0 Å². The Hall–Kier alpha value is -0.610. The molecule has 2 N–H and O–H groups in total. The standard InChI is InChI=1S/C8H15N3O/c12-8(7-3-1-4-9-7)11-6-2-5-10-11/h7,9-10H,1-6H2/t7-/m0/s1. The van der Waals surface area contributed by atoms with Gasteiger partial charge in [-0.3, -0.25) is 9.80 Å². The molecule has 0 aliphatic carbocycles. The summed E-state index contributed by atoms with van der Waals surface area (Å²) in [4.78, 5) is 11.6. The van der Waals surface area contributed by atoms with Crippen LogP contribution in [-0.4, -0.2) is 36.6 Å². The van der Waals surface area contributed by atoms with Crippen molar-refractivity contribution in [1.29, 1.82) is 0 Å². The number of nitrogens with zero attached hydrogens (tertiary/aromatic N) is 1. The second kappa shape index (κ2) is 3.41. The summed E-state index contributed by atoms with van der Waals surface area (Å²) in [5.74, 6) is 0.227. The van der Waals surface area contributed by atoms with E-state index >= 15 is 0 Å². The molecule has 2 saturated heterocycles. The summed E-state index contributed by atoms with van der Waals surface area (Å²) in [5, 5.41) is 4.96. The van der Waals surface area contributed by atoms with Crippen LogP contribution < -0.4 is 10.7 Å². The lowest BCUT2D eigenvalue weighted by atomic mass is 10.2. The molecule has 0 bridgehead atoms. The first-order chi connectivity index (χ1) is 5.88. The third-order valence-corrected chi connectivity index (χ3v) is 2.49. The first-order valence-corrected chi connectivity index (χ1v) is 4.66. The monoisotopic (exact) mass is 169 g/mol. The molecule has 4 heteroatoms. The van der Waals surface area contributed by atoms with Gasteiger partial charge in [0.05, 0.1) is 6.04 Å². The second-order valence-electron chi connectivity index (χ2n) is 3.40. The summed E-state index contributed by atoms with van der Waals surface area (Å²) in [6.07, 6.45) is 3.21. The minimum atomic E-state index is 0.0793. The third-order valence-electron chi connectivity index (χ3n) is 2.49. The fourth-order valence-electron chi connectivity index (χ4n) is 1.80. The van der Waals surface area contributed by atoms with Crippen molar-refractivity contribution in [2.45, 2.75) is 25.3 Å². The minimum absolute atomic E-state index is 0.0793. The number of carbonyl (C=O) groups is 1. The van der Waals surface area contributed by atoms with Crippen LogP contribution >= 0.6 is 0 Å². The van der Waals surface area contributed by atoms with E-state index in [4.69, 9.17) is 0 Å². The number of hydrazine groups is 1. The van der Waals surface area contributed by atoms with Gasteiger partial charge in [0, 0.05) is 13.1 Å². The van der Waals surface area contributed by atoms with Crippen LogP contribution in [0.5, 0.6) is 0 Å². The summed E-state index contributed by atoms with van der Waals surface area (Å²) in [6.45, 7) is 2.81. The Kier molecular flexibility index (Phi) is 2.28. The number of carbonyl (C=O) groups excluding carboxylic acids is 1. The Morgan fingerprint density at radius 3 is 2.83 bits per heavy atom. The lowest BCUT2D eigenvalue weighted by Crippen LogP contribution is -2.46. The quantitative estimate of drug-likeness (QED) is 0.555. The maximum absolute atomic E-state index is 11.6. The first kappa shape index (κ1) is 8.01. The molecule has 2 heterocycles. The Bertz CT molecular complexity index is 153. The Morgan fingerprint density at radius 2 is 2.25 bits per heavy atom. The van der Waals surface area contributed by atoms with Crippen LogP contribution in [0.4, 0.5) is 0 Å². The van der Waals surface area contributed by atoms with Crippen molar-refractivity contribution in [2.24, 2.45) is 0 Å². The van der Waals surface area contributed by atoms with E-state index in [1.54, 1.807) is 5.01 Å². The molecule has 0 aromatic heterocycles. The third kappa shape index (κ3) is 1.44. The Morgan fingerprint density at radius 1 is 1.33 bits per heavy atom. The highest BCUT2D eigenvalue weighted by Crippen LogP contribution is 2.09. The van der Waals surface area contributed by atoms with Gasteiger partial charge in [-0.05, 0) is 25.8 Å². The van der Waals surface area contributed by atoms with Crippen molar-refractivity contribution >= 4 is 5.91 Å². The summed E-state index contributed by atoms with van der Waals surface area (Å²) < 4.78 is 0. The van der Waals surface area contributed by atoms with Crippen molar-refractivity contribution in [3.8, 4) is 0 Å². The van der Waals surface area contributed by atoms with E-state index in [0.29, 0.717) is 0 Å². The predicted molar refractivity (Wildman–Crippen MR) is 45.4 cm³/mol. The first-order valence-electron chi connectivity index (χ1n) is 4.66. The molecule has 0 radical (unpaired) electrons. The van der Waals surface area contributed by atoms with E-state index in [0.717, 1.165) is 38.9 Å². The van der Waals surface area contributed by atoms with Crippen molar-refractivity contribution in [3.63, 3.8) is 0 Å². The molecule has 2 rings (SSSR count). The van der Waals surface area contributed by atoms with Crippen LogP contribution in [0.1, 0.15) is 19.3 Å². The maximum Gasteiger partial charge on any atom is 0.253 e. The molecule has 2 aliphatic heterocycles. The van der Waals surface area contributed by atoms with Crippen LogP contribution in [0.15, 0.2) is 0 Å². The van der Waals surface area contributed by atoms with E-state index < -0.39 is 0 Å². The summed E-state index contributed by atoms with van der Waals surface area (Å²) in [7, 11) is 0. The van der Waals surface area contributed by atoms with Gasteiger partial charge < -0.3 is 5.32 Å². The SMILES string of the molecule is O=C([C@@H]1CCCN1)N1CCCN1. The average molecular weight is 169 g/mol. The van der Waals surface area contributed by atoms with Gasteiger partial charge in [0.2, 0.25) is 0 Å². The highest BCUT2D eigenvalue weighted by Gasteiger charge is 2.28. The van der Waals surface area contributed by atoms with Crippen molar-refractivity contribution in [1.82, 2.24) is 15.8 Å². The fourth-order valence-corrected chi connectivity index (χ4v) is 1.80. The van der Waals surface area contributed by atoms with Gasteiger partial charge in [-0.2, -0.15) is 0 Å². The molecular weight excluding hydrogens is 154 g/mol. The number of hydrogen-bond acceptors (Lipinski definition) is 3. The Labute approximate surface area is 72.3 Å². The maximum atomic E-state index is 11.6. The van der Waals surface area contributed by atoms with Gasteiger partial charge in [-0.1, -0.05) is 0 Å². The summed E-state index contributed by atoms with van der Waals surface area (Å²) in [5.41, 5.74) is 3.08. The Balaban J connectivity index is 1.89. The molecule has 1 atom stereocenters. The van der Waals surface area contributed by atoms with Gasteiger partial charge >= 0.3 is 0 Å². The van der Waals surface area contributed by atoms with Crippen LogP contribution in [0.25, 0.3) is 0 Å². The van der Waals surface area contributed by atoms with E-state index in [-0.39, 0.29) is 11.9 Å². The van der Waals surface area contributed by atoms with Crippen LogP contribution in [-0.2, 0) is 4.79 Å². The summed E-state index contributed by atoms with van der Waals surface area (Å²) >= 11 is 0. The van der Waals surface area contributed by atoms with Crippen LogP contribution in [0, 0.1) is 0 Å². The zero-order chi connectivity index (χ0) is 8.39. The van der Waals surface area contributed by atoms with Crippen molar-refractivity contribution < 1.29 is 4.79 Å². The minimum Gasteiger partial charge on any atom is -0.306 e.